The summed E-state index contributed by atoms with van der Waals surface area (Å²) in [5.74, 6) is 0.654. The van der Waals surface area contributed by atoms with Gasteiger partial charge >= 0.3 is 0 Å². The van der Waals surface area contributed by atoms with Crippen LogP contribution in [0.3, 0.4) is 0 Å². The second-order valence-electron chi connectivity index (χ2n) is 14.6. The maximum Gasteiger partial charge on any atom is 0.160 e. The molecule has 8 aromatic carbocycles. The first kappa shape index (κ1) is 31.6. The van der Waals surface area contributed by atoms with Crippen molar-refractivity contribution in [3.05, 3.63) is 194 Å². The van der Waals surface area contributed by atoms with Crippen molar-refractivity contribution >= 4 is 65.6 Å². The highest BCUT2D eigenvalue weighted by Crippen LogP contribution is 2.43. The Hall–Kier alpha value is -7.76. The molecule has 12 rings (SSSR count). The molecule has 266 valence electrons. The van der Waals surface area contributed by atoms with E-state index in [4.69, 9.17) is 14.4 Å². The van der Waals surface area contributed by atoms with Gasteiger partial charge in [0.2, 0.25) is 0 Å². The van der Waals surface area contributed by atoms with Crippen LogP contribution in [0, 0.1) is 0 Å². The SMILES string of the molecule is c1ccc(-c2cc(-c3ccccc3)nc(-c3ccc4c(c3)oc3ccc(-n5c6ccccc6c6ccc7c8ccccc8n(-c8ccccc8)c7c65)cc34)n2)cc1. The maximum absolute atomic E-state index is 6.61. The van der Waals surface area contributed by atoms with E-state index in [-0.39, 0.29) is 0 Å². The Balaban J connectivity index is 1.07. The Labute approximate surface area is 327 Å². The molecule has 0 amide bonds. The molecule has 0 fully saturated rings. The molecule has 0 N–H and O–H groups in total. The van der Waals surface area contributed by atoms with E-state index >= 15 is 0 Å². The summed E-state index contributed by atoms with van der Waals surface area (Å²) in [5.41, 5.74) is 13.3. The normalized spacial score (nSPS) is 11.9. The molecule has 0 aliphatic heterocycles. The highest BCUT2D eigenvalue weighted by Gasteiger charge is 2.22. The van der Waals surface area contributed by atoms with Crippen LogP contribution in [0.4, 0.5) is 0 Å². The topological polar surface area (TPSA) is 48.8 Å². The average Bonchev–Trinajstić information content (AvgIpc) is 3.94. The van der Waals surface area contributed by atoms with Crippen LogP contribution in [0.1, 0.15) is 0 Å². The molecule has 4 aromatic heterocycles. The minimum Gasteiger partial charge on any atom is -0.456 e. The lowest BCUT2D eigenvalue weighted by Gasteiger charge is -2.12. The summed E-state index contributed by atoms with van der Waals surface area (Å²) in [7, 11) is 0. The molecule has 0 bridgehead atoms. The number of furan rings is 1. The van der Waals surface area contributed by atoms with E-state index in [0.717, 1.165) is 66.9 Å². The Morgan fingerprint density at radius 3 is 1.47 bits per heavy atom. The lowest BCUT2D eigenvalue weighted by Crippen LogP contribution is -1.98. The first-order valence-electron chi connectivity index (χ1n) is 19.2. The predicted octanol–water partition coefficient (Wildman–Crippen LogP) is 13.6. The Bertz CT molecular complexity index is 3450. The van der Waals surface area contributed by atoms with Crippen molar-refractivity contribution in [2.75, 3.05) is 0 Å². The third-order valence-corrected chi connectivity index (χ3v) is 11.3. The zero-order chi connectivity index (χ0) is 37.5. The van der Waals surface area contributed by atoms with Crippen molar-refractivity contribution in [1.29, 1.82) is 0 Å². The lowest BCUT2D eigenvalue weighted by atomic mass is 10.1. The molecule has 12 aromatic rings. The standard InChI is InChI=1S/C52H32N4O/c1-4-14-33(15-5-1)44-32-45(34-16-6-2-7-17-34)54-52(53-44)35-24-26-40-43-31-37(25-29-48(43)57-49(40)30-35)56-47-23-13-11-21-39(47)42-28-27-41-38-20-10-12-22-46(38)55(50(41)51(42)56)36-18-8-3-9-19-36/h1-32H. The fourth-order valence-electron chi connectivity index (χ4n) is 8.75. The summed E-state index contributed by atoms with van der Waals surface area (Å²) in [4.78, 5) is 10.2. The minimum atomic E-state index is 0.654. The highest BCUT2D eigenvalue weighted by molar-refractivity contribution is 6.24. The van der Waals surface area contributed by atoms with Crippen molar-refractivity contribution in [3.63, 3.8) is 0 Å². The number of fused-ring (bicyclic) bond motifs is 10. The first-order valence-corrected chi connectivity index (χ1v) is 19.2. The third kappa shape index (κ3) is 4.89. The number of hydrogen-bond donors (Lipinski definition) is 0. The minimum absolute atomic E-state index is 0.654. The first-order chi connectivity index (χ1) is 28.3. The van der Waals surface area contributed by atoms with E-state index in [1.54, 1.807) is 0 Å². The Morgan fingerprint density at radius 2 is 0.860 bits per heavy atom. The van der Waals surface area contributed by atoms with Crippen LogP contribution >= 0.6 is 0 Å². The summed E-state index contributed by atoms with van der Waals surface area (Å²) in [6, 6.07) is 68.3. The number of rotatable bonds is 5. The van der Waals surface area contributed by atoms with Crippen LogP contribution in [0.5, 0.6) is 0 Å². The van der Waals surface area contributed by atoms with Gasteiger partial charge < -0.3 is 13.6 Å². The predicted molar refractivity (Wildman–Crippen MR) is 234 cm³/mol. The van der Waals surface area contributed by atoms with Crippen molar-refractivity contribution < 1.29 is 4.42 Å². The van der Waals surface area contributed by atoms with Gasteiger partial charge in [-0.3, -0.25) is 0 Å². The Morgan fingerprint density at radius 1 is 0.333 bits per heavy atom. The van der Waals surface area contributed by atoms with E-state index < -0.39 is 0 Å². The molecule has 0 aliphatic carbocycles. The number of aromatic nitrogens is 4. The zero-order valence-electron chi connectivity index (χ0n) is 30.7. The van der Waals surface area contributed by atoms with Crippen LogP contribution in [-0.2, 0) is 0 Å². The van der Waals surface area contributed by atoms with E-state index in [9.17, 15) is 0 Å². The molecule has 57 heavy (non-hydrogen) atoms. The number of nitrogens with zero attached hydrogens (tertiary/aromatic N) is 4. The molecular weight excluding hydrogens is 697 g/mol. The van der Waals surface area contributed by atoms with E-state index in [2.05, 4.69) is 167 Å². The van der Waals surface area contributed by atoms with Gasteiger partial charge in [-0.1, -0.05) is 133 Å². The molecule has 5 nitrogen and oxygen atoms in total. The van der Waals surface area contributed by atoms with Gasteiger partial charge in [-0.15, -0.1) is 0 Å². The van der Waals surface area contributed by atoms with Crippen LogP contribution in [-0.4, -0.2) is 19.1 Å². The second kappa shape index (κ2) is 12.4. The van der Waals surface area contributed by atoms with Gasteiger partial charge in [0.15, 0.2) is 5.82 Å². The quantitative estimate of drug-likeness (QED) is 0.177. The summed E-state index contributed by atoms with van der Waals surface area (Å²) >= 11 is 0. The van der Waals surface area contributed by atoms with Crippen LogP contribution in [0.2, 0.25) is 0 Å². The molecule has 0 saturated heterocycles. The molecule has 0 aliphatic rings. The third-order valence-electron chi connectivity index (χ3n) is 11.3. The molecule has 5 heteroatoms. The van der Waals surface area contributed by atoms with Gasteiger partial charge in [-0.05, 0) is 60.7 Å². The summed E-state index contributed by atoms with van der Waals surface area (Å²) in [6.07, 6.45) is 0. The van der Waals surface area contributed by atoms with Gasteiger partial charge in [-0.2, -0.15) is 0 Å². The van der Waals surface area contributed by atoms with E-state index in [0.29, 0.717) is 5.82 Å². The number of hydrogen-bond acceptors (Lipinski definition) is 3. The molecule has 4 heterocycles. The zero-order valence-corrected chi connectivity index (χ0v) is 30.7. The van der Waals surface area contributed by atoms with Gasteiger partial charge in [0, 0.05) is 60.4 Å². The average molecular weight is 729 g/mol. The highest BCUT2D eigenvalue weighted by atomic mass is 16.3. The lowest BCUT2D eigenvalue weighted by molar-refractivity contribution is 0.669. The second-order valence-corrected chi connectivity index (χ2v) is 14.6. The molecule has 0 atom stereocenters. The monoisotopic (exact) mass is 728 g/mol. The fraction of sp³-hybridized carbons (Fsp3) is 0. The summed E-state index contributed by atoms with van der Waals surface area (Å²) in [5, 5.41) is 6.99. The van der Waals surface area contributed by atoms with E-state index in [1.807, 2.05) is 36.4 Å². The maximum atomic E-state index is 6.61. The van der Waals surface area contributed by atoms with Crippen molar-refractivity contribution in [2.24, 2.45) is 0 Å². The molecule has 0 unspecified atom stereocenters. The van der Waals surface area contributed by atoms with Gasteiger partial charge in [0.05, 0.1) is 33.5 Å². The van der Waals surface area contributed by atoms with Gasteiger partial charge in [0.1, 0.15) is 11.2 Å². The summed E-state index contributed by atoms with van der Waals surface area (Å²) in [6.45, 7) is 0. The fourth-order valence-corrected chi connectivity index (χ4v) is 8.75. The van der Waals surface area contributed by atoms with Crippen molar-refractivity contribution in [1.82, 2.24) is 19.1 Å². The molecular formula is C52H32N4O. The summed E-state index contributed by atoms with van der Waals surface area (Å²) < 4.78 is 11.5. The van der Waals surface area contributed by atoms with Crippen molar-refractivity contribution in [2.45, 2.75) is 0 Å². The van der Waals surface area contributed by atoms with Gasteiger partial charge in [0.25, 0.3) is 0 Å². The number of benzene rings is 8. The van der Waals surface area contributed by atoms with Crippen LogP contribution in [0.25, 0.3) is 111 Å². The molecule has 0 saturated carbocycles. The van der Waals surface area contributed by atoms with E-state index in [1.165, 1.54) is 38.1 Å². The largest absolute Gasteiger partial charge is 0.456 e. The van der Waals surface area contributed by atoms with Crippen LogP contribution in [0.15, 0.2) is 199 Å². The molecule has 0 spiro atoms. The Kier molecular flexibility index (Phi) is 6.86. The van der Waals surface area contributed by atoms with Crippen molar-refractivity contribution in [3.8, 4) is 45.3 Å². The smallest absolute Gasteiger partial charge is 0.160 e. The number of para-hydroxylation sites is 3. The van der Waals surface area contributed by atoms with Gasteiger partial charge in [-0.25, -0.2) is 9.97 Å². The molecule has 0 radical (unpaired) electrons. The van der Waals surface area contributed by atoms with Crippen LogP contribution < -0.4 is 0 Å².